The van der Waals surface area contributed by atoms with Gasteiger partial charge < -0.3 is 5.32 Å². The Morgan fingerprint density at radius 3 is 2.18 bits per heavy atom. The van der Waals surface area contributed by atoms with E-state index in [1.807, 2.05) is 6.92 Å². The highest BCUT2D eigenvalue weighted by atomic mass is 32.2. The third kappa shape index (κ3) is 4.53. The van der Waals surface area contributed by atoms with E-state index in [0.29, 0.717) is 0 Å². The van der Waals surface area contributed by atoms with Gasteiger partial charge in [0.05, 0.1) is 17.0 Å². The van der Waals surface area contributed by atoms with E-state index in [2.05, 4.69) is 11.4 Å². The number of hydrogen-bond donors (Lipinski definition) is 2. The van der Waals surface area contributed by atoms with Gasteiger partial charge >= 0.3 is 0 Å². The second-order valence-corrected chi connectivity index (χ2v) is 5.13. The minimum absolute atomic E-state index is 0.0666. The molecular weight excluding hydrogens is 240 g/mol. The minimum Gasteiger partial charge on any atom is -0.302 e. The summed E-state index contributed by atoms with van der Waals surface area (Å²) in [5, 5.41) is 11.0. The van der Waals surface area contributed by atoms with Crippen LogP contribution in [-0.2, 0) is 10.1 Å². The maximum absolute atomic E-state index is 10.5. The van der Waals surface area contributed by atoms with Crippen LogP contribution >= 0.6 is 0 Å². The highest BCUT2D eigenvalue weighted by molar-refractivity contribution is 7.85. The Bertz CT molecular complexity index is 499. The van der Waals surface area contributed by atoms with Gasteiger partial charge in [-0.1, -0.05) is 17.7 Å². The van der Waals surface area contributed by atoms with Crippen molar-refractivity contribution in [1.29, 1.82) is 5.26 Å². The van der Waals surface area contributed by atoms with Crippen molar-refractivity contribution in [2.45, 2.75) is 24.3 Å². The van der Waals surface area contributed by atoms with Crippen molar-refractivity contribution in [2.24, 2.45) is 0 Å². The minimum atomic E-state index is -4.02. The zero-order chi connectivity index (χ0) is 12.9. The van der Waals surface area contributed by atoms with Gasteiger partial charge in [0.25, 0.3) is 10.1 Å². The Labute approximate surface area is 101 Å². The van der Waals surface area contributed by atoms with E-state index in [0.717, 1.165) is 18.5 Å². The molecular formula is C11H14N2O3S. The zero-order valence-corrected chi connectivity index (χ0v) is 10.2. The van der Waals surface area contributed by atoms with E-state index in [-0.39, 0.29) is 10.9 Å². The third-order valence-corrected chi connectivity index (χ3v) is 3.17. The standard InChI is InChI=1S/C7H8O3S.C4H6N2/c1-6-2-4-7(5-3-6)11(8,9)10;5-3-4-1-2-6-4/h2-5H,1H3,(H,8,9,10);4,6H,1-2H2. The van der Waals surface area contributed by atoms with Gasteiger partial charge in [-0.3, -0.25) is 4.55 Å². The summed E-state index contributed by atoms with van der Waals surface area (Å²) in [6.07, 6.45) is 1.04. The van der Waals surface area contributed by atoms with E-state index in [9.17, 15) is 8.42 Å². The van der Waals surface area contributed by atoms with Gasteiger partial charge in [0.2, 0.25) is 0 Å². The maximum atomic E-state index is 10.5. The van der Waals surface area contributed by atoms with Gasteiger partial charge in [-0.2, -0.15) is 13.7 Å². The van der Waals surface area contributed by atoms with E-state index in [4.69, 9.17) is 9.81 Å². The molecule has 0 radical (unpaired) electrons. The van der Waals surface area contributed by atoms with Crippen molar-refractivity contribution in [3.63, 3.8) is 0 Å². The van der Waals surface area contributed by atoms with E-state index >= 15 is 0 Å². The van der Waals surface area contributed by atoms with E-state index < -0.39 is 10.1 Å². The van der Waals surface area contributed by atoms with Crippen LogP contribution in [0.2, 0.25) is 0 Å². The maximum Gasteiger partial charge on any atom is 0.294 e. The fraction of sp³-hybridized carbons (Fsp3) is 0.364. The predicted molar refractivity (Wildman–Crippen MR) is 63.0 cm³/mol. The molecule has 0 bridgehead atoms. The molecule has 1 fully saturated rings. The van der Waals surface area contributed by atoms with E-state index in [1.54, 1.807) is 12.1 Å². The molecule has 0 aliphatic carbocycles. The Morgan fingerprint density at radius 1 is 1.41 bits per heavy atom. The molecule has 0 spiro atoms. The van der Waals surface area contributed by atoms with Crippen molar-refractivity contribution in [1.82, 2.24) is 5.32 Å². The molecule has 1 saturated heterocycles. The van der Waals surface area contributed by atoms with Crippen LogP contribution in [0.1, 0.15) is 12.0 Å². The normalized spacial score (nSPS) is 18.3. The molecule has 17 heavy (non-hydrogen) atoms. The molecule has 2 rings (SSSR count). The first-order chi connectivity index (χ1) is 7.93. The summed E-state index contributed by atoms with van der Waals surface area (Å²) in [5.74, 6) is 0. The third-order valence-electron chi connectivity index (χ3n) is 2.30. The highest BCUT2D eigenvalue weighted by Crippen LogP contribution is 2.08. The number of hydrogen-bond acceptors (Lipinski definition) is 4. The summed E-state index contributed by atoms with van der Waals surface area (Å²) in [6, 6.07) is 8.25. The molecule has 1 aromatic carbocycles. The van der Waals surface area contributed by atoms with Crippen LogP contribution in [0.5, 0.6) is 0 Å². The summed E-state index contributed by atoms with van der Waals surface area (Å²) in [5.41, 5.74) is 0.956. The van der Waals surface area contributed by atoms with Crippen LogP contribution in [0.3, 0.4) is 0 Å². The Kier molecular flexibility index (Phi) is 4.63. The second-order valence-electron chi connectivity index (χ2n) is 3.71. The fourth-order valence-electron chi connectivity index (χ4n) is 1.11. The van der Waals surface area contributed by atoms with Crippen molar-refractivity contribution in [3.8, 4) is 6.07 Å². The topological polar surface area (TPSA) is 90.2 Å². The fourth-order valence-corrected chi connectivity index (χ4v) is 1.59. The molecule has 6 heteroatoms. The summed E-state index contributed by atoms with van der Waals surface area (Å²) in [4.78, 5) is -0.0666. The second kappa shape index (κ2) is 5.77. The molecule has 1 heterocycles. The molecule has 2 N–H and O–H groups in total. The van der Waals surface area contributed by atoms with E-state index in [1.165, 1.54) is 12.1 Å². The molecule has 0 amide bonds. The lowest BCUT2D eigenvalue weighted by atomic mass is 10.1. The quantitative estimate of drug-likeness (QED) is 0.733. The number of nitrogens with zero attached hydrogens (tertiary/aromatic N) is 1. The summed E-state index contributed by atoms with van der Waals surface area (Å²) in [7, 11) is -4.02. The number of aryl methyl sites for hydroxylation is 1. The number of rotatable bonds is 1. The molecule has 1 atom stereocenters. The average Bonchev–Trinajstić information content (AvgIpc) is 2.16. The van der Waals surface area contributed by atoms with Crippen LogP contribution in [-0.4, -0.2) is 25.6 Å². The van der Waals surface area contributed by atoms with Gasteiger partial charge in [-0.15, -0.1) is 0 Å². The number of nitrogens with one attached hydrogen (secondary N) is 1. The lowest BCUT2D eigenvalue weighted by Gasteiger charge is -2.19. The number of benzene rings is 1. The van der Waals surface area contributed by atoms with Crippen LogP contribution in [0.15, 0.2) is 29.2 Å². The van der Waals surface area contributed by atoms with Crippen molar-refractivity contribution in [2.75, 3.05) is 6.54 Å². The van der Waals surface area contributed by atoms with Gasteiger partial charge in [-0.05, 0) is 32.0 Å². The first-order valence-corrected chi connectivity index (χ1v) is 6.54. The van der Waals surface area contributed by atoms with Crippen molar-refractivity contribution in [3.05, 3.63) is 29.8 Å². The number of nitriles is 1. The SMILES string of the molecule is Cc1ccc(S(=O)(=O)O)cc1.N#CC1CCN1. The first kappa shape index (κ1) is 13.6. The lowest BCUT2D eigenvalue weighted by Crippen LogP contribution is -2.41. The highest BCUT2D eigenvalue weighted by Gasteiger charge is 2.13. The van der Waals surface area contributed by atoms with Crippen LogP contribution in [0.4, 0.5) is 0 Å². The smallest absolute Gasteiger partial charge is 0.294 e. The molecule has 5 nitrogen and oxygen atoms in total. The van der Waals surface area contributed by atoms with Gasteiger partial charge in [0, 0.05) is 0 Å². The van der Waals surface area contributed by atoms with Crippen LogP contribution in [0, 0.1) is 18.3 Å². The average molecular weight is 254 g/mol. The molecule has 0 aromatic heterocycles. The molecule has 1 aliphatic rings. The predicted octanol–water partition coefficient (Wildman–Crippen LogP) is 1.11. The zero-order valence-electron chi connectivity index (χ0n) is 9.42. The molecule has 92 valence electrons. The largest absolute Gasteiger partial charge is 0.302 e. The Morgan fingerprint density at radius 2 is 1.94 bits per heavy atom. The lowest BCUT2D eigenvalue weighted by molar-refractivity contribution is 0.445. The first-order valence-electron chi connectivity index (χ1n) is 5.10. The van der Waals surface area contributed by atoms with Gasteiger partial charge in [0.15, 0.2) is 0 Å². The van der Waals surface area contributed by atoms with Gasteiger partial charge in [0.1, 0.15) is 0 Å². The molecule has 1 aliphatic heterocycles. The summed E-state index contributed by atoms with van der Waals surface area (Å²) < 4.78 is 29.6. The monoisotopic (exact) mass is 254 g/mol. The van der Waals surface area contributed by atoms with Gasteiger partial charge in [-0.25, -0.2) is 0 Å². The van der Waals surface area contributed by atoms with Crippen LogP contribution in [0.25, 0.3) is 0 Å². The Hall–Kier alpha value is -1.42. The molecule has 1 aromatic rings. The summed E-state index contributed by atoms with van der Waals surface area (Å²) >= 11 is 0. The van der Waals surface area contributed by atoms with Crippen LogP contribution < -0.4 is 5.32 Å². The molecule has 0 saturated carbocycles. The van der Waals surface area contributed by atoms with Crippen molar-refractivity contribution >= 4 is 10.1 Å². The Balaban J connectivity index is 0.000000202. The van der Waals surface area contributed by atoms with Crippen molar-refractivity contribution < 1.29 is 13.0 Å². The molecule has 1 unspecified atom stereocenters. The summed E-state index contributed by atoms with van der Waals surface area (Å²) in [6.45, 7) is 2.87.